The molecule has 0 aliphatic carbocycles. The van der Waals surface area contributed by atoms with Crippen LogP contribution in [0.2, 0.25) is 0 Å². The Morgan fingerprint density at radius 2 is 1.88 bits per heavy atom. The van der Waals surface area contributed by atoms with Gasteiger partial charge in [-0.25, -0.2) is 0 Å². The lowest BCUT2D eigenvalue weighted by atomic mass is 10.2. The van der Waals surface area contributed by atoms with E-state index in [1.165, 1.54) is 4.68 Å². The maximum absolute atomic E-state index is 12.1. The number of nitrogens with zero attached hydrogens (tertiary/aromatic N) is 3. The zero-order chi connectivity index (χ0) is 12.0. The monoisotopic (exact) mass is 236 g/mol. The van der Waals surface area contributed by atoms with E-state index in [9.17, 15) is 14.4 Å². The van der Waals surface area contributed by atoms with Crippen molar-refractivity contribution in [3.05, 3.63) is 32.3 Å². The fourth-order valence-corrected chi connectivity index (χ4v) is 2.28. The molecule has 2 aliphatic rings. The van der Waals surface area contributed by atoms with E-state index in [1.54, 1.807) is 5.01 Å². The number of hydrazine groups is 1. The first kappa shape index (κ1) is 10.3. The summed E-state index contributed by atoms with van der Waals surface area (Å²) in [5.74, 6) is -0.218. The van der Waals surface area contributed by atoms with Gasteiger partial charge in [0.15, 0.2) is 0 Å². The molecule has 1 amide bonds. The van der Waals surface area contributed by atoms with Crippen molar-refractivity contribution in [2.24, 2.45) is 0 Å². The van der Waals surface area contributed by atoms with E-state index >= 15 is 0 Å². The molecule has 0 atom stereocenters. The standard InChI is InChI=1S/C10H12N4O3/c15-8-5-7-10(17)14-4-2-1-3-12(14)6-13(7)11-9(8)16/h5H,1-4,6H2,(H,11,16). The molecule has 3 heterocycles. The average molecular weight is 236 g/mol. The Labute approximate surface area is 96.2 Å². The minimum atomic E-state index is -0.688. The predicted molar refractivity (Wildman–Crippen MR) is 58.3 cm³/mol. The van der Waals surface area contributed by atoms with E-state index in [1.807, 2.05) is 5.01 Å². The molecule has 1 saturated heterocycles. The van der Waals surface area contributed by atoms with E-state index in [0.717, 1.165) is 25.5 Å². The van der Waals surface area contributed by atoms with Gasteiger partial charge in [-0.1, -0.05) is 0 Å². The number of carbonyl (C=O) groups is 1. The highest BCUT2D eigenvalue weighted by molar-refractivity contribution is 5.92. The topological polar surface area (TPSA) is 78.4 Å². The summed E-state index contributed by atoms with van der Waals surface area (Å²) in [5.41, 5.74) is -1.10. The second kappa shape index (κ2) is 3.56. The van der Waals surface area contributed by atoms with Gasteiger partial charge >= 0.3 is 5.56 Å². The molecule has 1 N–H and O–H groups in total. The number of H-pyrrole nitrogens is 1. The number of nitrogens with one attached hydrogen (secondary N) is 1. The molecular formula is C10H12N4O3. The number of hydrogen-bond acceptors (Lipinski definition) is 4. The Bertz CT molecular complexity index is 588. The third kappa shape index (κ3) is 1.50. The van der Waals surface area contributed by atoms with Crippen LogP contribution in [-0.2, 0) is 6.67 Å². The van der Waals surface area contributed by atoms with Crippen LogP contribution in [0.1, 0.15) is 23.3 Å². The minimum absolute atomic E-state index is 0.218. The first-order chi connectivity index (χ1) is 8.16. The summed E-state index contributed by atoms with van der Waals surface area (Å²) in [6, 6.07) is 1.12. The van der Waals surface area contributed by atoms with Gasteiger partial charge < -0.3 is 0 Å². The molecule has 3 rings (SSSR count). The predicted octanol–water partition coefficient (Wildman–Crippen LogP) is -1.04. The van der Waals surface area contributed by atoms with Crippen LogP contribution in [0.25, 0.3) is 0 Å². The van der Waals surface area contributed by atoms with Crippen molar-refractivity contribution >= 4 is 5.91 Å². The van der Waals surface area contributed by atoms with Gasteiger partial charge in [-0.2, -0.15) is 5.01 Å². The normalized spacial score (nSPS) is 20.0. The molecule has 1 aromatic rings. The van der Waals surface area contributed by atoms with Gasteiger partial charge in [0.05, 0.1) is 0 Å². The molecule has 90 valence electrons. The van der Waals surface area contributed by atoms with Gasteiger partial charge in [0.1, 0.15) is 12.4 Å². The smallest absolute Gasteiger partial charge is 0.284 e. The number of carbonyl (C=O) groups excluding carboxylic acids is 1. The number of aromatic amines is 1. The maximum Gasteiger partial charge on any atom is 0.310 e. The Balaban J connectivity index is 2.12. The summed E-state index contributed by atoms with van der Waals surface area (Å²) < 4.78 is 1.44. The molecule has 0 bridgehead atoms. The van der Waals surface area contributed by atoms with Gasteiger partial charge in [-0.05, 0) is 12.8 Å². The van der Waals surface area contributed by atoms with Crippen molar-refractivity contribution in [3.63, 3.8) is 0 Å². The molecule has 1 fully saturated rings. The van der Waals surface area contributed by atoms with Crippen LogP contribution in [0.4, 0.5) is 0 Å². The fraction of sp³-hybridized carbons (Fsp3) is 0.500. The molecule has 2 aliphatic heterocycles. The van der Waals surface area contributed by atoms with Crippen LogP contribution < -0.4 is 11.0 Å². The minimum Gasteiger partial charge on any atom is -0.284 e. The molecule has 17 heavy (non-hydrogen) atoms. The van der Waals surface area contributed by atoms with Crippen LogP contribution in [0.5, 0.6) is 0 Å². The molecule has 7 heteroatoms. The summed E-state index contributed by atoms with van der Waals surface area (Å²) in [6.45, 7) is 1.88. The summed E-state index contributed by atoms with van der Waals surface area (Å²) >= 11 is 0. The van der Waals surface area contributed by atoms with E-state index < -0.39 is 11.0 Å². The lowest BCUT2D eigenvalue weighted by Crippen LogP contribution is -2.56. The highest BCUT2D eigenvalue weighted by Gasteiger charge is 2.32. The molecule has 7 nitrogen and oxygen atoms in total. The van der Waals surface area contributed by atoms with Crippen LogP contribution in [0, 0.1) is 0 Å². The molecule has 0 saturated carbocycles. The Hall–Kier alpha value is -1.89. The quantitative estimate of drug-likeness (QED) is 0.584. The Morgan fingerprint density at radius 3 is 2.71 bits per heavy atom. The summed E-state index contributed by atoms with van der Waals surface area (Å²) in [4.78, 5) is 34.6. The summed E-state index contributed by atoms with van der Waals surface area (Å²) in [6.07, 6.45) is 2.00. The van der Waals surface area contributed by atoms with E-state index in [0.29, 0.717) is 13.2 Å². The maximum atomic E-state index is 12.1. The second-order valence-corrected chi connectivity index (χ2v) is 4.27. The van der Waals surface area contributed by atoms with Crippen LogP contribution in [-0.4, -0.2) is 38.8 Å². The molecule has 0 radical (unpaired) electrons. The number of aromatic nitrogens is 2. The van der Waals surface area contributed by atoms with E-state index in [-0.39, 0.29) is 11.6 Å². The van der Waals surface area contributed by atoms with Gasteiger partial charge in [0, 0.05) is 19.2 Å². The molecule has 1 aromatic heterocycles. The lowest BCUT2D eigenvalue weighted by molar-refractivity contribution is -0.0655. The highest BCUT2D eigenvalue weighted by atomic mass is 16.2. The van der Waals surface area contributed by atoms with Crippen molar-refractivity contribution in [1.29, 1.82) is 0 Å². The van der Waals surface area contributed by atoms with Crippen molar-refractivity contribution in [1.82, 2.24) is 19.8 Å². The number of rotatable bonds is 0. The largest absolute Gasteiger partial charge is 0.310 e. The Kier molecular flexibility index (Phi) is 2.15. The highest BCUT2D eigenvalue weighted by Crippen LogP contribution is 2.18. The van der Waals surface area contributed by atoms with E-state index in [4.69, 9.17) is 0 Å². The second-order valence-electron chi connectivity index (χ2n) is 4.27. The van der Waals surface area contributed by atoms with Crippen molar-refractivity contribution < 1.29 is 4.79 Å². The third-order valence-corrected chi connectivity index (χ3v) is 3.15. The number of amides is 1. The average Bonchev–Trinajstić information content (AvgIpc) is 2.32. The first-order valence-electron chi connectivity index (χ1n) is 5.58. The molecule has 0 spiro atoms. The summed E-state index contributed by atoms with van der Waals surface area (Å²) in [5, 5.41) is 5.96. The third-order valence-electron chi connectivity index (χ3n) is 3.15. The summed E-state index contributed by atoms with van der Waals surface area (Å²) in [7, 11) is 0. The van der Waals surface area contributed by atoms with Crippen LogP contribution in [0.15, 0.2) is 15.7 Å². The SMILES string of the molecule is O=C1c2cc(=O)c(=O)[nH]n2CN2CCCCN12. The molecule has 0 aromatic carbocycles. The van der Waals surface area contributed by atoms with Gasteiger partial charge in [0.2, 0.25) is 5.43 Å². The Morgan fingerprint density at radius 1 is 1.12 bits per heavy atom. The van der Waals surface area contributed by atoms with Crippen molar-refractivity contribution in [3.8, 4) is 0 Å². The van der Waals surface area contributed by atoms with Crippen molar-refractivity contribution in [2.45, 2.75) is 19.5 Å². The zero-order valence-electron chi connectivity index (χ0n) is 9.18. The number of fused-ring (bicyclic) bond motifs is 2. The van der Waals surface area contributed by atoms with Crippen molar-refractivity contribution in [2.75, 3.05) is 13.1 Å². The van der Waals surface area contributed by atoms with E-state index in [2.05, 4.69) is 5.10 Å². The lowest BCUT2D eigenvalue weighted by Gasteiger charge is -2.42. The first-order valence-corrected chi connectivity index (χ1v) is 5.58. The molecular weight excluding hydrogens is 224 g/mol. The number of hydrogen-bond donors (Lipinski definition) is 1. The van der Waals surface area contributed by atoms with Gasteiger partial charge in [0.25, 0.3) is 5.91 Å². The fourth-order valence-electron chi connectivity index (χ4n) is 2.28. The van der Waals surface area contributed by atoms with Gasteiger partial charge in [-0.15, -0.1) is 0 Å². The van der Waals surface area contributed by atoms with Crippen LogP contribution >= 0.6 is 0 Å². The van der Waals surface area contributed by atoms with Gasteiger partial charge in [-0.3, -0.25) is 29.2 Å². The van der Waals surface area contributed by atoms with Crippen LogP contribution in [0.3, 0.4) is 0 Å². The zero-order valence-corrected chi connectivity index (χ0v) is 9.18. The molecule has 0 unspecified atom stereocenters.